The van der Waals surface area contributed by atoms with Gasteiger partial charge in [-0.3, -0.25) is 4.79 Å². The second-order valence-electron chi connectivity index (χ2n) is 5.95. The third-order valence-electron chi connectivity index (χ3n) is 4.21. The first-order chi connectivity index (χ1) is 12.1. The van der Waals surface area contributed by atoms with E-state index in [9.17, 15) is 9.59 Å². The number of carbonyl (C=O) groups is 2. The van der Waals surface area contributed by atoms with Crippen molar-refractivity contribution >= 4 is 17.6 Å². The second-order valence-corrected chi connectivity index (χ2v) is 5.95. The number of nitrogens with zero attached hydrogens (tertiary/aromatic N) is 1. The quantitative estimate of drug-likeness (QED) is 0.785. The fraction of sp³-hybridized carbons (Fsp3) is 0.300. The predicted octanol–water partition coefficient (Wildman–Crippen LogP) is 3.22. The maximum Gasteiger partial charge on any atom is 0.341 e. The van der Waals surface area contributed by atoms with Gasteiger partial charge in [-0.1, -0.05) is 30.3 Å². The van der Waals surface area contributed by atoms with Gasteiger partial charge in [-0.15, -0.1) is 0 Å². The zero-order valence-electron chi connectivity index (χ0n) is 14.4. The molecule has 0 saturated heterocycles. The standard InChI is InChI=1S/C20H21NO4/c1-3-24-20(23)16-9-5-7-11-18(16)25-13-19(22)21-14(2)12-15-8-4-6-10-17(15)21/h4-11,14H,3,12-13H2,1-2H3/t14-/m0/s1. The second kappa shape index (κ2) is 7.38. The minimum absolute atomic E-state index is 0.0915. The van der Waals surface area contributed by atoms with Crippen LogP contribution < -0.4 is 9.64 Å². The van der Waals surface area contributed by atoms with Crippen LogP contribution in [-0.4, -0.2) is 31.1 Å². The van der Waals surface area contributed by atoms with Crippen LogP contribution in [0.5, 0.6) is 5.75 Å². The monoisotopic (exact) mass is 339 g/mol. The smallest absolute Gasteiger partial charge is 0.341 e. The van der Waals surface area contributed by atoms with Crippen molar-refractivity contribution in [2.45, 2.75) is 26.3 Å². The van der Waals surface area contributed by atoms with E-state index in [0.29, 0.717) is 11.3 Å². The van der Waals surface area contributed by atoms with Gasteiger partial charge in [0.2, 0.25) is 0 Å². The summed E-state index contributed by atoms with van der Waals surface area (Å²) in [4.78, 5) is 26.4. The van der Waals surface area contributed by atoms with Gasteiger partial charge >= 0.3 is 5.97 Å². The molecule has 2 aromatic carbocycles. The van der Waals surface area contributed by atoms with E-state index in [4.69, 9.17) is 9.47 Å². The molecule has 130 valence electrons. The van der Waals surface area contributed by atoms with E-state index in [2.05, 4.69) is 0 Å². The van der Waals surface area contributed by atoms with Crippen LogP contribution >= 0.6 is 0 Å². The number of amides is 1. The number of esters is 1. The summed E-state index contributed by atoms with van der Waals surface area (Å²) in [6.07, 6.45) is 0.835. The minimum Gasteiger partial charge on any atom is -0.483 e. The molecular weight excluding hydrogens is 318 g/mol. The number of benzene rings is 2. The molecule has 3 rings (SSSR count). The first-order valence-corrected chi connectivity index (χ1v) is 8.40. The van der Waals surface area contributed by atoms with Crippen LogP contribution in [0, 0.1) is 0 Å². The van der Waals surface area contributed by atoms with Crippen LogP contribution in [-0.2, 0) is 16.0 Å². The molecule has 2 aromatic rings. The third kappa shape index (κ3) is 3.50. The van der Waals surface area contributed by atoms with Crippen LogP contribution in [0.4, 0.5) is 5.69 Å². The molecule has 0 unspecified atom stereocenters. The number of para-hydroxylation sites is 2. The van der Waals surface area contributed by atoms with Crippen LogP contribution in [0.25, 0.3) is 0 Å². The summed E-state index contributed by atoms with van der Waals surface area (Å²) < 4.78 is 10.7. The van der Waals surface area contributed by atoms with Crippen LogP contribution in [0.1, 0.15) is 29.8 Å². The van der Waals surface area contributed by atoms with Crippen LogP contribution in [0.3, 0.4) is 0 Å². The Kier molecular flexibility index (Phi) is 5.03. The van der Waals surface area contributed by atoms with Gasteiger partial charge in [0.25, 0.3) is 5.91 Å². The Balaban J connectivity index is 1.73. The zero-order chi connectivity index (χ0) is 17.8. The molecule has 0 fully saturated rings. The fourth-order valence-corrected chi connectivity index (χ4v) is 3.12. The predicted molar refractivity (Wildman–Crippen MR) is 95.0 cm³/mol. The molecule has 1 atom stereocenters. The van der Waals surface area contributed by atoms with Crippen molar-refractivity contribution in [1.29, 1.82) is 0 Å². The molecule has 5 heteroatoms. The molecule has 1 heterocycles. The van der Waals surface area contributed by atoms with E-state index in [1.165, 1.54) is 0 Å². The Labute approximate surface area is 147 Å². The van der Waals surface area contributed by atoms with Crippen molar-refractivity contribution in [2.75, 3.05) is 18.1 Å². The number of rotatable bonds is 5. The Morgan fingerprint density at radius 1 is 1.12 bits per heavy atom. The normalized spacial score (nSPS) is 15.6. The largest absolute Gasteiger partial charge is 0.483 e. The van der Waals surface area contributed by atoms with Crippen molar-refractivity contribution in [2.24, 2.45) is 0 Å². The van der Waals surface area contributed by atoms with Gasteiger partial charge in [-0.25, -0.2) is 4.79 Å². The highest BCUT2D eigenvalue weighted by Crippen LogP contribution is 2.32. The van der Waals surface area contributed by atoms with E-state index in [1.807, 2.05) is 31.2 Å². The van der Waals surface area contributed by atoms with E-state index >= 15 is 0 Å². The number of anilines is 1. The van der Waals surface area contributed by atoms with E-state index in [1.54, 1.807) is 36.1 Å². The van der Waals surface area contributed by atoms with E-state index in [-0.39, 0.29) is 25.2 Å². The number of ether oxygens (including phenoxy) is 2. The summed E-state index contributed by atoms with van der Waals surface area (Å²) in [7, 11) is 0. The third-order valence-corrected chi connectivity index (χ3v) is 4.21. The molecule has 0 spiro atoms. The van der Waals surface area contributed by atoms with Crippen molar-refractivity contribution in [3.8, 4) is 5.75 Å². The summed E-state index contributed by atoms with van der Waals surface area (Å²) in [6, 6.07) is 14.8. The average molecular weight is 339 g/mol. The molecule has 1 aliphatic heterocycles. The van der Waals surface area contributed by atoms with Crippen LogP contribution in [0.15, 0.2) is 48.5 Å². The van der Waals surface area contributed by atoms with Gasteiger partial charge < -0.3 is 14.4 Å². The van der Waals surface area contributed by atoms with Crippen molar-refractivity contribution in [3.63, 3.8) is 0 Å². The number of hydrogen-bond acceptors (Lipinski definition) is 4. The lowest BCUT2D eigenvalue weighted by molar-refractivity contribution is -0.120. The Bertz CT molecular complexity index is 787. The van der Waals surface area contributed by atoms with E-state index in [0.717, 1.165) is 17.7 Å². The number of hydrogen-bond donors (Lipinski definition) is 0. The van der Waals surface area contributed by atoms with E-state index < -0.39 is 5.97 Å². The lowest BCUT2D eigenvalue weighted by Gasteiger charge is -2.23. The van der Waals surface area contributed by atoms with Gasteiger partial charge in [0.1, 0.15) is 11.3 Å². The average Bonchev–Trinajstić information content (AvgIpc) is 2.96. The zero-order valence-corrected chi connectivity index (χ0v) is 14.4. The summed E-state index contributed by atoms with van der Waals surface area (Å²) in [5, 5.41) is 0. The first-order valence-electron chi connectivity index (χ1n) is 8.40. The van der Waals surface area contributed by atoms with Crippen molar-refractivity contribution in [1.82, 2.24) is 0 Å². The maximum absolute atomic E-state index is 12.7. The SMILES string of the molecule is CCOC(=O)c1ccccc1OCC(=O)N1c2ccccc2C[C@@H]1C. The molecule has 0 aromatic heterocycles. The van der Waals surface area contributed by atoms with Gasteiger partial charge in [0.15, 0.2) is 6.61 Å². The number of carbonyl (C=O) groups excluding carboxylic acids is 2. The molecule has 0 bridgehead atoms. The fourth-order valence-electron chi connectivity index (χ4n) is 3.12. The highest BCUT2D eigenvalue weighted by molar-refractivity contribution is 5.97. The summed E-state index contributed by atoms with van der Waals surface area (Å²) >= 11 is 0. The molecule has 5 nitrogen and oxygen atoms in total. The summed E-state index contributed by atoms with van der Waals surface area (Å²) in [5.74, 6) is -0.226. The lowest BCUT2D eigenvalue weighted by Crippen LogP contribution is -2.39. The van der Waals surface area contributed by atoms with Crippen molar-refractivity contribution < 1.29 is 19.1 Å². The highest BCUT2D eigenvalue weighted by atomic mass is 16.5. The highest BCUT2D eigenvalue weighted by Gasteiger charge is 2.30. The molecule has 1 aliphatic rings. The van der Waals surface area contributed by atoms with Gasteiger partial charge in [0.05, 0.1) is 6.61 Å². The Morgan fingerprint density at radius 2 is 1.84 bits per heavy atom. The molecule has 0 aliphatic carbocycles. The molecule has 1 amide bonds. The number of fused-ring (bicyclic) bond motifs is 1. The Hall–Kier alpha value is -2.82. The minimum atomic E-state index is -0.453. The first kappa shape index (κ1) is 17.0. The molecule has 0 saturated carbocycles. The molecular formula is C20H21NO4. The summed E-state index contributed by atoms with van der Waals surface area (Å²) in [5.41, 5.74) is 2.42. The maximum atomic E-state index is 12.7. The molecule has 25 heavy (non-hydrogen) atoms. The van der Waals surface area contributed by atoms with Crippen LogP contribution in [0.2, 0.25) is 0 Å². The lowest BCUT2D eigenvalue weighted by atomic mass is 10.1. The Morgan fingerprint density at radius 3 is 2.64 bits per heavy atom. The van der Waals surface area contributed by atoms with Gasteiger partial charge in [-0.2, -0.15) is 0 Å². The molecule has 0 N–H and O–H groups in total. The molecule has 0 radical (unpaired) electrons. The van der Waals surface area contributed by atoms with Gasteiger partial charge in [0, 0.05) is 11.7 Å². The topological polar surface area (TPSA) is 55.8 Å². The summed E-state index contributed by atoms with van der Waals surface area (Å²) in [6.45, 7) is 3.92. The van der Waals surface area contributed by atoms with Crippen molar-refractivity contribution in [3.05, 3.63) is 59.7 Å². The van der Waals surface area contributed by atoms with Gasteiger partial charge in [-0.05, 0) is 44.0 Å².